The van der Waals surface area contributed by atoms with Crippen LogP contribution < -0.4 is 10.1 Å². The summed E-state index contributed by atoms with van der Waals surface area (Å²) in [5.41, 5.74) is 3.28. The number of anilines is 1. The zero-order valence-electron chi connectivity index (χ0n) is 17.9. The largest absolute Gasteiger partial charge is 0.478 e. The van der Waals surface area contributed by atoms with Gasteiger partial charge in [-0.15, -0.1) is 0 Å². The molecule has 0 aromatic carbocycles. The Hall–Kier alpha value is -2.94. The highest BCUT2D eigenvalue weighted by Crippen LogP contribution is 2.24. The number of oxime groups is 1. The number of ether oxygens (including phenoxy) is 1. The molecule has 0 radical (unpaired) electrons. The van der Waals surface area contributed by atoms with Crippen LogP contribution in [-0.2, 0) is 11.3 Å². The number of rotatable bonds is 10. The van der Waals surface area contributed by atoms with Crippen molar-refractivity contribution >= 4 is 17.3 Å². The molecule has 3 rings (SSSR count). The minimum Gasteiger partial charge on any atom is -0.478 e. The Kier molecular flexibility index (Phi) is 7.78. The molecule has 0 saturated heterocycles. The van der Waals surface area contributed by atoms with Crippen molar-refractivity contribution in [2.24, 2.45) is 5.16 Å². The molecule has 30 heavy (non-hydrogen) atoms. The summed E-state index contributed by atoms with van der Waals surface area (Å²) in [5.74, 6) is 0.229. The van der Waals surface area contributed by atoms with Crippen LogP contribution in [-0.4, -0.2) is 65.1 Å². The van der Waals surface area contributed by atoms with Crippen molar-refractivity contribution in [2.45, 2.75) is 39.5 Å². The van der Waals surface area contributed by atoms with Crippen molar-refractivity contribution < 1.29 is 14.4 Å². The van der Waals surface area contributed by atoms with Crippen molar-refractivity contribution in [3.63, 3.8) is 0 Å². The number of H-pyrrole nitrogens is 1. The van der Waals surface area contributed by atoms with Crippen LogP contribution in [0.1, 0.15) is 54.9 Å². The summed E-state index contributed by atoms with van der Waals surface area (Å²) in [6.45, 7) is 8.01. The molecule has 0 unspecified atom stereocenters. The molecule has 1 aliphatic carbocycles. The number of amides is 1. The fraction of sp³-hybridized carbons (Fsp3) is 0.524. The molecule has 0 spiro atoms. The van der Waals surface area contributed by atoms with Gasteiger partial charge in [-0.25, -0.2) is 4.98 Å². The van der Waals surface area contributed by atoms with Gasteiger partial charge in [0.2, 0.25) is 5.88 Å². The number of aryl methyl sites for hydroxylation is 1. The van der Waals surface area contributed by atoms with Gasteiger partial charge in [0.25, 0.3) is 5.91 Å². The van der Waals surface area contributed by atoms with E-state index in [1.807, 2.05) is 0 Å². The Morgan fingerprint density at radius 1 is 1.30 bits per heavy atom. The first-order valence-corrected chi connectivity index (χ1v) is 10.5. The number of aromatic nitrogens is 3. The summed E-state index contributed by atoms with van der Waals surface area (Å²) in [4.78, 5) is 24.3. The molecule has 2 aromatic rings. The van der Waals surface area contributed by atoms with Crippen LogP contribution in [0.3, 0.4) is 0 Å². The van der Waals surface area contributed by atoms with Crippen LogP contribution in [0.25, 0.3) is 0 Å². The Bertz CT molecular complexity index is 858. The van der Waals surface area contributed by atoms with Crippen molar-refractivity contribution in [1.82, 2.24) is 20.1 Å². The van der Waals surface area contributed by atoms with Gasteiger partial charge in [0, 0.05) is 18.3 Å². The number of hydrogen-bond acceptors (Lipinski definition) is 7. The zero-order chi connectivity index (χ0) is 21.3. The first-order valence-electron chi connectivity index (χ1n) is 10.5. The standard InChI is InChI=1S/C21H30N6O3/c1-4-27(5-2)12-7-13-30-18-11-10-15(14-22-18)23-21(28)20-19-16(24-25-20)8-6-9-17(19)26-29-3/h10-11,14H,4-9,12-13H2,1-3H3,(H,23,28)(H,24,25)/b26-17+. The zero-order valence-corrected chi connectivity index (χ0v) is 17.9. The maximum atomic E-state index is 12.8. The summed E-state index contributed by atoms with van der Waals surface area (Å²) in [6, 6.07) is 3.53. The molecule has 162 valence electrons. The van der Waals surface area contributed by atoms with Gasteiger partial charge in [-0.3, -0.25) is 9.89 Å². The van der Waals surface area contributed by atoms with Crippen molar-refractivity contribution in [3.05, 3.63) is 35.3 Å². The Labute approximate surface area is 176 Å². The Balaban J connectivity index is 1.57. The predicted molar refractivity (Wildman–Crippen MR) is 115 cm³/mol. The molecule has 2 heterocycles. The normalized spacial score (nSPS) is 14.6. The van der Waals surface area contributed by atoms with E-state index < -0.39 is 0 Å². The molecule has 0 fully saturated rings. The van der Waals surface area contributed by atoms with E-state index in [2.05, 4.69) is 44.4 Å². The van der Waals surface area contributed by atoms with Crippen LogP contribution in [0.15, 0.2) is 23.5 Å². The number of aromatic amines is 1. The monoisotopic (exact) mass is 414 g/mol. The third-order valence-corrected chi connectivity index (χ3v) is 5.14. The summed E-state index contributed by atoms with van der Waals surface area (Å²) in [7, 11) is 1.50. The fourth-order valence-corrected chi connectivity index (χ4v) is 3.53. The van der Waals surface area contributed by atoms with Crippen molar-refractivity contribution in [3.8, 4) is 5.88 Å². The van der Waals surface area contributed by atoms with Gasteiger partial charge in [0.05, 0.1) is 29.8 Å². The number of nitrogens with one attached hydrogen (secondary N) is 2. The highest BCUT2D eigenvalue weighted by Gasteiger charge is 2.27. The Morgan fingerprint density at radius 2 is 2.13 bits per heavy atom. The third-order valence-electron chi connectivity index (χ3n) is 5.14. The maximum absolute atomic E-state index is 12.8. The van der Waals surface area contributed by atoms with Gasteiger partial charge in [-0.2, -0.15) is 5.10 Å². The molecule has 2 aromatic heterocycles. The number of hydrogen-bond donors (Lipinski definition) is 2. The van der Waals surface area contributed by atoms with Gasteiger partial charge < -0.3 is 19.8 Å². The van der Waals surface area contributed by atoms with Crippen LogP contribution in [0, 0.1) is 0 Å². The minimum absolute atomic E-state index is 0.312. The van der Waals surface area contributed by atoms with E-state index in [9.17, 15) is 4.79 Å². The van der Waals surface area contributed by atoms with E-state index in [1.165, 1.54) is 7.11 Å². The summed E-state index contributed by atoms with van der Waals surface area (Å²) >= 11 is 0. The molecular formula is C21H30N6O3. The fourth-order valence-electron chi connectivity index (χ4n) is 3.53. The van der Waals surface area contributed by atoms with Crippen LogP contribution >= 0.6 is 0 Å². The maximum Gasteiger partial charge on any atom is 0.276 e. The van der Waals surface area contributed by atoms with Gasteiger partial charge >= 0.3 is 0 Å². The number of nitrogens with zero attached hydrogens (tertiary/aromatic N) is 4. The topological polar surface area (TPSA) is 105 Å². The Morgan fingerprint density at radius 3 is 2.83 bits per heavy atom. The number of carbonyl (C=O) groups is 1. The summed E-state index contributed by atoms with van der Waals surface area (Å²) < 4.78 is 5.70. The van der Waals surface area contributed by atoms with E-state index in [-0.39, 0.29) is 5.91 Å². The summed E-state index contributed by atoms with van der Waals surface area (Å²) in [5, 5.41) is 14.0. The van der Waals surface area contributed by atoms with E-state index >= 15 is 0 Å². The predicted octanol–water partition coefficient (Wildman–Crippen LogP) is 2.85. The number of pyridine rings is 1. The molecular weight excluding hydrogens is 384 g/mol. The lowest BCUT2D eigenvalue weighted by molar-refractivity contribution is 0.102. The van der Waals surface area contributed by atoms with Crippen molar-refractivity contribution in [2.75, 3.05) is 38.7 Å². The molecule has 1 aliphatic rings. The lowest BCUT2D eigenvalue weighted by Crippen LogP contribution is -2.25. The van der Waals surface area contributed by atoms with E-state index in [4.69, 9.17) is 9.57 Å². The lowest BCUT2D eigenvalue weighted by atomic mass is 9.93. The second-order valence-corrected chi connectivity index (χ2v) is 7.07. The molecule has 0 saturated carbocycles. The first kappa shape index (κ1) is 21.8. The molecule has 0 aliphatic heterocycles. The SMILES string of the molecule is CCN(CC)CCCOc1ccc(NC(=O)c2n[nH]c3c2/C(=N/OC)CCC3)cn1. The van der Waals surface area contributed by atoms with E-state index in [0.717, 1.165) is 62.3 Å². The summed E-state index contributed by atoms with van der Waals surface area (Å²) in [6.07, 6.45) is 5.06. The number of carbonyl (C=O) groups excluding carboxylic acids is 1. The molecule has 2 N–H and O–H groups in total. The highest BCUT2D eigenvalue weighted by molar-refractivity contribution is 6.13. The molecule has 0 atom stereocenters. The molecule has 1 amide bonds. The van der Waals surface area contributed by atoms with Crippen LogP contribution in [0.4, 0.5) is 5.69 Å². The van der Waals surface area contributed by atoms with Crippen LogP contribution in [0.5, 0.6) is 5.88 Å². The van der Waals surface area contributed by atoms with Gasteiger partial charge in [0.1, 0.15) is 7.11 Å². The third kappa shape index (κ3) is 5.35. The second-order valence-electron chi connectivity index (χ2n) is 7.07. The molecule has 9 heteroatoms. The first-order chi connectivity index (χ1) is 14.7. The quantitative estimate of drug-likeness (QED) is 0.458. The van der Waals surface area contributed by atoms with Gasteiger partial charge in [-0.1, -0.05) is 19.0 Å². The van der Waals surface area contributed by atoms with E-state index in [1.54, 1.807) is 18.3 Å². The van der Waals surface area contributed by atoms with Gasteiger partial charge in [-0.05, 0) is 44.8 Å². The van der Waals surface area contributed by atoms with E-state index in [0.29, 0.717) is 23.9 Å². The molecule has 9 nitrogen and oxygen atoms in total. The minimum atomic E-state index is -0.312. The molecule has 0 bridgehead atoms. The van der Waals surface area contributed by atoms with Crippen LogP contribution in [0.2, 0.25) is 0 Å². The van der Waals surface area contributed by atoms with Gasteiger partial charge in [0.15, 0.2) is 5.69 Å². The average molecular weight is 415 g/mol. The van der Waals surface area contributed by atoms with Crippen molar-refractivity contribution in [1.29, 1.82) is 0 Å². The second kappa shape index (κ2) is 10.7. The lowest BCUT2D eigenvalue weighted by Gasteiger charge is -2.17. The highest BCUT2D eigenvalue weighted by atomic mass is 16.6. The average Bonchev–Trinajstić information content (AvgIpc) is 3.21. The number of fused-ring (bicyclic) bond motifs is 1. The smallest absolute Gasteiger partial charge is 0.276 e.